The number of rotatable bonds is 6. The van der Waals surface area contributed by atoms with Crippen molar-refractivity contribution in [2.24, 2.45) is 5.41 Å². The number of benzene rings is 2. The molecule has 0 fully saturated rings. The zero-order valence-corrected chi connectivity index (χ0v) is 22.9. The molecule has 1 amide bonds. The van der Waals surface area contributed by atoms with Gasteiger partial charge in [0.1, 0.15) is 6.10 Å². The van der Waals surface area contributed by atoms with Crippen LogP contribution in [0.2, 0.25) is 0 Å². The number of aliphatic hydroxyl groups is 1. The van der Waals surface area contributed by atoms with Crippen molar-refractivity contribution in [2.75, 3.05) is 32.6 Å². The van der Waals surface area contributed by atoms with Crippen LogP contribution in [-0.2, 0) is 31.2 Å². The summed E-state index contributed by atoms with van der Waals surface area (Å²) < 4.78 is 13.2. The van der Waals surface area contributed by atoms with E-state index in [1.165, 1.54) is 7.11 Å². The van der Waals surface area contributed by atoms with Crippen molar-refractivity contribution < 1.29 is 24.2 Å². The highest BCUT2D eigenvalue weighted by atomic mass is 16.5. The highest BCUT2D eigenvalue weighted by molar-refractivity contribution is 5.99. The van der Waals surface area contributed by atoms with E-state index in [9.17, 15) is 14.7 Å². The number of hydrogen-bond acceptors (Lipinski definition) is 6. The second kappa shape index (κ2) is 10.9. The van der Waals surface area contributed by atoms with Crippen molar-refractivity contribution in [3.05, 3.63) is 78.1 Å². The zero-order chi connectivity index (χ0) is 27.6. The number of esters is 1. The lowest BCUT2D eigenvalue weighted by Gasteiger charge is -2.50. The van der Waals surface area contributed by atoms with E-state index < -0.39 is 17.1 Å². The summed E-state index contributed by atoms with van der Waals surface area (Å²) in [6, 6.07) is 17.3. The van der Waals surface area contributed by atoms with Crippen LogP contribution in [0.15, 0.2) is 66.9 Å². The molecule has 0 saturated carbocycles. The Labute approximate surface area is 229 Å². The number of amides is 1. The topological polar surface area (TPSA) is 93.0 Å². The Bertz CT molecular complexity index is 1380. The molecule has 0 unspecified atom stereocenters. The fraction of sp³-hybridized carbons (Fsp3) is 0.419. The molecule has 1 aromatic heterocycles. The first-order chi connectivity index (χ1) is 18.9. The number of nitrogens with one attached hydrogen (secondary N) is 1. The van der Waals surface area contributed by atoms with Crippen LogP contribution in [0.3, 0.4) is 0 Å². The Balaban J connectivity index is 1.56. The lowest BCUT2D eigenvalue weighted by atomic mass is 9.66. The average molecular weight is 532 g/mol. The van der Waals surface area contributed by atoms with Crippen molar-refractivity contribution in [3.63, 3.8) is 0 Å². The third-order valence-electron chi connectivity index (χ3n) is 8.49. The van der Waals surface area contributed by atoms with Gasteiger partial charge in [-0.3, -0.25) is 4.79 Å². The highest BCUT2D eigenvalue weighted by Crippen LogP contribution is 2.57. The van der Waals surface area contributed by atoms with Crippen LogP contribution in [0.4, 0.5) is 5.69 Å². The SMILES string of the molecule is CC[C@]12CCCN(/C=C/C(=O)Nc3ccccc3)CCc3c(n(c4ccccc34)[C@@](O)(C(=O)OC)C1)[C@@H]2OC. The largest absolute Gasteiger partial charge is 0.465 e. The van der Waals surface area contributed by atoms with E-state index in [4.69, 9.17) is 9.47 Å². The molecule has 2 aromatic carbocycles. The Morgan fingerprint density at radius 3 is 2.56 bits per heavy atom. The van der Waals surface area contributed by atoms with Crippen molar-refractivity contribution >= 4 is 28.5 Å². The maximum atomic E-state index is 13.2. The number of ether oxygens (including phenoxy) is 2. The van der Waals surface area contributed by atoms with Crippen LogP contribution in [0.1, 0.15) is 50.0 Å². The Morgan fingerprint density at radius 2 is 1.85 bits per heavy atom. The normalized spacial score (nSPS) is 25.0. The van der Waals surface area contributed by atoms with E-state index in [0.29, 0.717) is 13.0 Å². The van der Waals surface area contributed by atoms with E-state index in [-0.39, 0.29) is 18.4 Å². The van der Waals surface area contributed by atoms with Crippen LogP contribution >= 0.6 is 0 Å². The van der Waals surface area contributed by atoms with Gasteiger partial charge in [-0.25, -0.2) is 4.79 Å². The smallest absolute Gasteiger partial charge is 0.359 e. The summed E-state index contributed by atoms with van der Waals surface area (Å²) in [6.07, 6.45) is 6.29. The molecule has 0 aliphatic carbocycles. The van der Waals surface area contributed by atoms with Gasteiger partial charge in [0.2, 0.25) is 11.6 Å². The van der Waals surface area contributed by atoms with Gasteiger partial charge in [-0.15, -0.1) is 0 Å². The molecular formula is C31H37N3O5. The average Bonchev–Trinajstić information content (AvgIpc) is 3.29. The number of methoxy groups -OCH3 is 2. The molecule has 0 saturated heterocycles. The predicted octanol–water partition coefficient (Wildman–Crippen LogP) is 4.74. The van der Waals surface area contributed by atoms with Gasteiger partial charge < -0.3 is 29.4 Å². The number of nitrogens with zero attached hydrogens (tertiary/aromatic N) is 2. The van der Waals surface area contributed by atoms with Crippen LogP contribution in [0, 0.1) is 5.41 Å². The molecular weight excluding hydrogens is 494 g/mol. The van der Waals surface area contributed by atoms with Crippen LogP contribution < -0.4 is 5.32 Å². The molecule has 3 aromatic rings. The Morgan fingerprint density at radius 1 is 1.10 bits per heavy atom. The number of fused-ring (bicyclic) bond motifs is 4. The van der Waals surface area contributed by atoms with E-state index in [1.807, 2.05) is 60.8 Å². The van der Waals surface area contributed by atoms with Crippen molar-refractivity contribution in [1.29, 1.82) is 0 Å². The van der Waals surface area contributed by atoms with Gasteiger partial charge in [0, 0.05) is 55.4 Å². The van der Waals surface area contributed by atoms with Crippen LogP contribution in [0.25, 0.3) is 10.9 Å². The third-order valence-corrected chi connectivity index (χ3v) is 8.49. The van der Waals surface area contributed by atoms with Gasteiger partial charge in [-0.2, -0.15) is 0 Å². The van der Waals surface area contributed by atoms with Gasteiger partial charge in [0.15, 0.2) is 0 Å². The molecule has 0 spiro atoms. The molecule has 5 rings (SSSR count). The van der Waals surface area contributed by atoms with E-state index in [2.05, 4.69) is 17.1 Å². The lowest BCUT2D eigenvalue weighted by Crippen LogP contribution is -2.54. The zero-order valence-electron chi connectivity index (χ0n) is 22.9. The summed E-state index contributed by atoms with van der Waals surface area (Å²) in [5.41, 5.74) is 1.11. The number of aromatic nitrogens is 1. The summed E-state index contributed by atoms with van der Waals surface area (Å²) in [7, 11) is 3.04. The minimum absolute atomic E-state index is 0.179. The van der Waals surface area contributed by atoms with Crippen molar-refractivity contribution in [1.82, 2.24) is 9.47 Å². The van der Waals surface area contributed by atoms with Gasteiger partial charge in [-0.05, 0) is 49.4 Å². The predicted molar refractivity (Wildman–Crippen MR) is 150 cm³/mol. The molecule has 8 heteroatoms. The Hall–Kier alpha value is -3.62. The van der Waals surface area contributed by atoms with Crippen LogP contribution in [-0.4, -0.2) is 53.8 Å². The summed E-state index contributed by atoms with van der Waals surface area (Å²) in [6.45, 7) is 3.50. The van der Waals surface area contributed by atoms with Gasteiger partial charge in [0.25, 0.3) is 0 Å². The standard InChI is InChI=1S/C31H37N3O5/c1-4-30-17-10-18-33(20-16-26(35)32-22-11-6-5-7-12-22)19-15-24-23-13-8-9-14-25(23)34(27(24)28(30)38-2)31(37,21-30)29(36)39-3/h5-9,11-14,16,20,28,37H,4,10,15,17-19,21H2,1-3H3,(H,32,35)/b20-16+/t28-,30-,31-/m0/s1. The van der Waals surface area contributed by atoms with Crippen molar-refractivity contribution in [2.45, 2.75) is 50.9 Å². The Kier molecular flexibility index (Phi) is 7.51. The maximum Gasteiger partial charge on any atom is 0.359 e. The van der Waals surface area contributed by atoms with Crippen molar-refractivity contribution in [3.8, 4) is 0 Å². The van der Waals surface area contributed by atoms with Gasteiger partial charge in [-0.1, -0.05) is 43.3 Å². The molecule has 3 atom stereocenters. The minimum atomic E-state index is -1.83. The first-order valence-corrected chi connectivity index (χ1v) is 13.6. The first kappa shape index (κ1) is 27.0. The molecule has 3 heterocycles. The molecule has 2 bridgehead atoms. The minimum Gasteiger partial charge on any atom is -0.465 e. The number of anilines is 1. The third kappa shape index (κ3) is 4.72. The summed E-state index contributed by atoms with van der Waals surface area (Å²) in [4.78, 5) is 28.0. The number of hydrogen-bond donors (Lipinski definition) is 2. The monoisotopic (exact) mass is 531 g/mol. The molecule has 206 valence electrons. The van der Waals surface area contributed by atoms with Gasteiger partial charge >= 0.3 is 5.97 Å². The van der Waals surface area contributed by atoms with E-state index in [1.54, 1.807) is 17.8 Å². The number of carbonyl (C=O) groups is 2. The summed E-state index contributed by atoms with van der Waals surface area (Å²) >= 11 is 0. The lowest BCUT2D eigenvalue weighted by molar-refractivity contribution is -0.196. The summed E-state index contributed by atoms with van der Waals surface area (Å²) in [5, 5.41) is 16.0. The number of para-hydroxylation sites is 2. The maximum absolute atomic E-state index is 13.2. The van der Waals surface area contributed by atoms with Crippen LogP contribution in [0.5, 0.6) is 0 Å². The number of carbonyl (C=O) groups excluding carboxylic acids is 2. The summed E-state index contributed by atoms with van der Waals surface area (Å²) in [5.74, 6) is -0.836. The highest BCUT2D eigenvalue weighted by Gasteiger charge is 2.57. The first-order valence-electron chi connectivity index (χ1n) is 13.6. The molecule has 2 aliphatic rings. The van der Waals surface area contributed by atoms with Gasteiger partial charge in [0.05, 0.1) is 18.3 Å². The fourth-order valence-corrected chi connectivity index (χ4v) is 6.64. The fourth-order valence-electron chi connectivity index (χ4n) is 6.64. The molecule has 0 radical (unpaired) electrons. The molecule has 39 heavy (non-hydrogen) atoms. The van der Waals surface area contributed by atoms with E-state index >= 15 is 0 Å². The molecule has 8 nitrogen and oxygen atoms in total. The second-order valence-corrected chi connectivity index (χ2v) is 10.6. The second-order valence-electron chi connectivity index (χ2n) is 10.6. The van der Waals surface area contributed by atoms with E-state index in [0.717, 1.165) is 53.7 Å². The molecule has 2 aliphatic heterocycles. The molecule has 2 N–H and O–H groups in total. The quantitative estimate of drug-likeness (QED) is 0.353.